The zero-order valence-corrected chi connectivity index (χ0v) is 14.5. The first-order valence-corrected chi connectivity index (χ1v) is 8.39. The monoisotopic (exact) mass is 342 g/mol. The molecule has 3 rings (SSSR count). The van der Waals surface area contributed by atoms with Gasteiger partial charge in [0.1, 0.15) is 17.9 Å². The highest BCUT2D eigenvalue weighted by Gasteiger charge is 2.11. The maximum absolute atomic E-state index is 11.7. The van der Waals surface area contributed by atoms with E-state index in [1.54, 1.807) is 6.07 Å². The Morgan fingerprint density at radius 1 is 1.12 bits per heavy atom. The Morgan fingerprint density at radius 3 is 2.58 bits per heavy atom. The first kappa shape index (κ1) is 16.6. The van der Waals surface area contributed by atoms with Crippen molar-refractivity contribution < 1.29 is 9.15 Å². The Bertz CT molecular complexity index is 911. The average Bonchev–Trinajstić information content (AvgIpc) is 2.55. The molecule has 0 spiro atoms. The van der Waals surface area contributed by atoms with Gasteiger partial charge >= 0.3 is 5.63 Å². The van der Waals surface area contributed by atoms with Gasteiger partial charge in [0.2, 0.25) is 0 Å². The second-order valence-electron chi connectivity index (χ2n) is 5.89. The predicted molar refractivity (Wildman–Crippen MR) is 97.0 cm³/mol. The van der Waals surface area contributed by atoms with E-state index in [2.05, 4.69) is 6.92 Å². The van der Waals surface area contributed by atoms with Crippen LogP contribution in [0.15, 0.2) is 51.7 Å². The van der Waals surface area contributed by atoms with Gasteiger partial charge in [0.15, 0.2) is 0 Å². The Labute approximate surface area is 145 Å². The molecule has 0 aliphatic rings. The van der Waals surface area contributed by atoms with Crippen LogP contribution in [0.4, 0.5) is 0 Å². The fourth-order valence-electron chi connectivity index (χ4n) is 2.66. The van der Waals surface area contributed by atoms with Crippen LogP contribution in [0.1, 0.15) is 30.0 Å². The van der Waals surface area contributed by atoms with Gasteiger partial charge in [0.25, 0.3) is 0 Å². The lowest BCUT2D eigenvalue weighted by molar-refractivity contribution is 0.306. The van der Waals surface area contributed by atoms with E-state index in [0.717, 1.165) is 29.4 Å². The molecule has 0 amide bonds. The number of rotatable bonds is 5. The van der Waals surface area contributed by atoms with Crippen molar-refractivity contribution in [1.29, 1.82) is 0 Å². The molecule has 0 atom stereocenters. The molecule has 0 aliphatic carbocycles. The molecule has 0 N–H and O–H groups in total. The molecule has 4 heteroatoms. The Balaban J connectivity index is 1.92. The summed E-state index contributed by atoms with van der Waals surface area (Å²) in [5.74, 6) is 0.515. The zero-order valence-electron chi connectivity index (χ0n) is 13.8. The van der Waals surface area contributed by atoms with Gasteiger partial charge in [0.05, 0.1) is 5.02 Å². The molecular weight excluding hydrogens is 324 g/mol. The third-order valence-electron chi connectivity index (χ3n) is 3.92. The summed E-state index contributed by atoms with van der Waals surface area (Å²) in [6.07, 6.45) is 1.75. The fraction of sp³-hybridized carbons (Fsp3) is 0.250. The maximum atomic E-state index is 11.7. The van der Waals surface area contributed by atoms with E-state index in [1.807, 2.05) is 37.3 Å². The van der Waals surface area contributed by atoms with Crippen molar-refractivity contribution in [1.82, 2.24) is 0 Å². The molecular formula is C20H19ClO3. The lowest BCUT2D eigenvalue weighted by atomic mass is 10.1. The highest BCUT2D eigenvalue weighted by Crippen LogP contribution is 2.32. The summed E-state index contributed by atoms with van der Waals surface area (Å²) in [6.45, 7) is 4.52. The van der Waals surface area contributed by atoms with Gasteiger partial charge < -0.3 is 9.15 Å². The van der Waals surface area contributed by atoms with E-state index in [0.29, 0.717) is 23.0 Å². The van der Waals surface area contributed by atoms with E-state index in [1.165, 1.54) is 11.6 Å². The molecule has 0 fully saturated rings. The zero-order chi connectivity index (χ0) is 17.1. The third kappa shape index (κ3) is 3.62. The van der Waals surface area contributed by atoms with Crippen LogP contribution in [-0.2, 0) is 13.0 Å². The Kier molecular flexibility index (Phi) is 4.91. The Hall–Kier alpha value is -2.26. The maximum Gasteiger partial charge on any atom is 0.336 e. The van der Waals surface area contributed by atoms with Crippen LogP contribution in [0.2, 0.25) is 5.02 Å². The van der Waals surface area contributed by atoms with Gasteiger partial charge in [-0.2, -0.15) is 0 Å². The molecule has 1 aromatic heterocycles. The molecule has 2 aromatic carbocycles. The van der Waals surface area contributed by atoms with Crippen LogP contribution in [-0.4, -0.2) is 0 Å². The predicted octanol–water partition coefficient (Wildman–Crippen LogP) is 5.29. The minimum atomic E-state index is -0.349. The number of aryl methyl sites for hydroxylation is 2. The van der Waals surface area contributed by atoms with Crippen LogP contribution in [0.25, 0.3) is 11.0 Å². The molecule has 0 radical (unpaired) electrons. The number of halogens is 1. The van der Waals surface area contributed by atoms with Crippen molar-refractivity contribution in [2.24, 2.45) is 0 Å². The third-order valence-corrected chi connectivity index (χ3v) is 4.21. The van der Waals surface area contributed by atoms with Crippen LogP contribution in [0, 0.1) is 6.92 Å². The molecule has 0 saturated carbocycles. The molecule has 3 nitrogen and oxygen atoms in total. The second kappa shape index (κ2) is 7.10. The second-order valence-corrected chi connectivity index (χ2v) is 6.30. The van der Waals surface area contributed by atoms with Crippen molar-refractivity contribution in [3.05, 3.63) is 74.6 Å². The lowest BCUT2D eigenvalue weighted by Crippen LogP contribution is -2.02. The summed E-state index contributed by atoms with van der Waals surface area (Å²) in [4.78, 5) is 11.7. The highest BCUT2D eigenvalue weighted by atomic mass is 35.5. The lowest BCUT2D eigenvalue weighted by Gasteiger charge is -2.11. The standard InChI is InChI=1S/C20H19ClO3/c1-3-4-15-9-20(22)24-18-11-19(17(21)10-16(15)18)23-12-14-7-5-13(2)6-8-14/h5-11H,3-4,12H2,1-2H3. The summed E-state index contributed by atoms with van der Waals surface area (Å²) in [5, 5.41) is 1.38. The molecule has 0 saturated heterocycles. The minimum absolute atomic E-state index is 0.349. The van der Waals surface area contributed by atoms with Gasteiger partial charge in [-0.05, 0) is 30.5 Å². The molecule has 0 unspecified atom stereocenters. The Morgan fingerprint density at radius 2 is 1.88 bits per heavy atom. The number of hydrogen-bond acceptors (Lipinski definition) is 3. The van der Waals surface area contributed by atoms with E-state index >= 15 is 0 Å². The number of fused-ring (bicyclic) bond motifs is 1. The first-order valence-electron chi connectivity index (χ1n) is 8.01. The molecule has 24 heavy (non-hydrogen) atoms. The quantitative estimate of drug-likeness (QED) is 0.592. The summed E-state index contributed by atoms with van der Waals surface area (Å²) in [5.41, 5.74) is 3.37. The van der Waals surface area contributed by atoms with Gasteiger partial charge in [-0.1, -0.05) is 54.8 Å². The summed E-state index contributed by atoms with van der Waals surface area (Å²) < 4.78 is 11.1. The van der Waals surface area contributed by atoms with Crippen LogP contribution in [0.3, 0.4) is 0 Å². The van der Waals surface area contributed by atoms with Crippen molar-refractivity contribution in [2.45, 2.75) is 33.3 Å². The van der Waals surface area contributed by atoms with Crippen LogP contribution < -0.4 is 10.4 Å². The summed E-state index contributed by atoms with van der Waals surface area (Å²) >= 11 is 6.36. The van der Waals surface area contributed by atoms with Crippen molar-refractivity contribution in [3.8, 4) is 5.75 Å². The minimum Gasteiger partial charge on any atom is -0.487 e. The number of hydrogen-bond donors (Lipinski definition) is 0. The van der Waals surface area contributed by atoms with Crippen molar-refractivity contribution >= 4 is 22.6 Å². The van der Waals surface area contributed by atoms with E-state index in [4.69, 9.17) is 20.8 Å². The van der Waals surface area contributed by atoms with E-state index in [9.17, 15) is 4.79 Å². The summed E-state index contributed by atoms with van der Waals surface area (Å²) in [6, 6.07) is 13.2. The van der Waals surface area contributed by atoms with Gasteiger partial charge in [-0.3, -0.25) is 0 Å². The van der Waals surface area contributed by atoms with Gasteiger partial charge in [0, 0.05) is 17.5 Å². The fourth-order valence-corrected chi connectivity index (χ4v) is 2.88. The molecule has 1 heterocycles. The van der Waals surface area contributed by atoms with E-state index < -0.39 is 0 Å². The van der Waals surface area contributed by atoms with Crippen LogP contribution in [0.5, 0.6) is 5.75 Å². The SMILES string of the molecule is CCCc1cc(=O)oc2cc(OCc3ccc(C)cc3)c(Cl)cc12. The number of ether oxygens (including phenoxy) is 1. The molecule has 3 aromatic rings. The van der Waals surface area contributed by atoms with Crippen molar-refractivity contribution in [3.63, 3.8) is 0 Å². The largest absolute Gasteiger partial charge is 0.487 e. The van der Waals surface area contributed by atoms with Gasteiger partial charge in [-0.25, -0.2) is 4.79 Å². The van der Waals surface area contributed by atoms with Crippen molar-refractivity contribution in [2.75, 3.05) is 0 Å². The smallest absolute Gasteiger partial charge is 0.336 e. The normalized spacial score (nSPS) is 11.0. The first-order chi connectivity index (χ1) is 11.6. The highest BCUT2D eigenvalue weighted by molar-refractivity contribution is 6.32. The molecule has 0 bridgehead atoms. The average molecular weight is 343 g/mol. The number of benzene rings is 2. The van der Waals surface area contributed by atoms with Gasteiger partial charge in [-0.15, -0.1) is 0 Å². The van der Waals surface area contributed by atoms with E-state index in [-0.39, 0.29) is 5.63 Å². The molecule has 0 aliphatic heterocycles. The van der Waals surface area contributed by atoms with Crippen LogP contribution >= 0.6 is 11.6 Å². The molecule has 124 valence electrons. The summed E-state index contributed by atoms with van der Waals surface area (Å²) in [7, 11) is 0. The topological polar surface area (TPSA) is 39.4 Å².